The molecular formula is C20H22BrN3O4S. The molecule has 2 aliphatic heterocycles. The lowest BCUT2D eigenvalue weighted by atomic mass is 9.86. The van der Waals surface area contributed by atoms with Gasteiger partial charge in [0.05, 0.1) is 13.8 Å². The molecule has 2 fully saturated rings. The maximum atomic E-state index is 13.3. The molecule has 2 saturated heterocycles. The van der Waals surface area contributed by atoms with Crippen LogP contribution in [0.2, 0.25) is 0 Å². The van der Waals surface area contributed by atoms with E-state index in [1.807, 2.05) is 30.3 Å². The van der Waals surface area contributed by atoms with Crippen molar-refractivity contribution < 1.29 is 17.9 Å². The number of anilines is 1. The Balaban J connectivity index is 1.60. The van der Waals surface area contributed by atoms with Crippen molar-refractivity contribution in [2.45, 2.75) is 23.3 Å². The molecule has 0 aromatic heterocycles. The predicted octanol–water partition coefficient (Wildman–Crippen LogP) is 2.57. The van der Waals surface area contributed by atoms with Crippen LogP contribution < -0.4 is 15.0 Å². The van der Waals surface area contributed by atoms with Gasteiger partial charge in [-0.15, -0.1) is 0 Å². The Hall–Kier alpha value is -2.10. The summed E-state index contributed by atoms with van der Waals surface area (Å²) in [5.41, 5.74) is 0.227. The molecule has 9 heteroatoms. The van der Waals surface area contributed by atoms with Crippen molar-refractivity contribution in [3.63, 3.8) is 0 Å². The number of amides is 1. The number of halogens is 1. The number of carbonyl (C=O) groups is 1. The zero-order chi connectivity index (χ0) is 20.6. The molecule has 154 valence electrons. The Bertz CT molecular complexity index is 1020. The number of piperidine rings is 1. The Morgan fingerprint density at radius 2 is 1.79 bits per heavy atom. The van der Waals surface area contributed by atoms with E-state index in [1.165, 1.54) is 11.4 Å². The fourth-order valence-corrected chi connectivity index (χ4v) is 6.26. The summed E-state index contributed by atoms with van der Waals surface area (Å²) < 4.78 is 33.9. The summed E-state index contributed by atoms with van der Waals surface area (Å²) >= 11 is 3.33. The standard InChI is InChI=1S/C20H22BrN3O4S/c1-28-17-8-7-15(21)13-18(17)29(26,27)23-11-9-20(10-12-23)19(25)22-14-24(20)16-5-3-2-4-6-16/h2-8,13H,9-12,14H2,1H3,(H,22,25). The number of para-hydroxylation sites is 1. The normalized spacial score (nSPS) is 19.4. The molecule has 2 aromatic rings. The summed E-state index contributed by atoms with van der Waals surface area (Å²) in [5, 5.41) is 2.93. The van der Waals surface area contributed by atoms with Crippen LogP contribution >= 0.6 is 15.9 Å². The monoisotopic (exact) mass is 479 g/mol. The average Bonchev–Trinajstić information content (AvgIpc) is 3.04. The van der Waals surface area contributed by atoms with Crippen molar-refractivity contribution in [1.82, 2.24) is 9.62 Å². The maximum Gasteiger partial charge on any atom is 0.247 e. The molecule has 0 bridgehead atoms. The average molecular weight is 480 g/mol. The summed E-state index contributed by atoms with van der Waals surface area (Å²) in [6.45, 7) is 0.943. The van der Waals surface area contributed by atoms with Crippen LogP contribution in [0.3, 0.4) is 0 Å². The number of carbonyl (C=O) groups excluding carboxylic acids is 1. The summed E-state index contributed by atoms with van der Waals surface area (Å²) in [6, 6.07) is 14.7. The molecule has 2 aromatic carbocycles. The van der Waals surface area contributed by atoms with Crippen molar-refractivity contribution in [3.8, 4) is 5.75 Å². The van der Waals surface area contributed by atoms with E-state index in [2.05, 4.69) is 26.1 Å². The van der Waals surface area contributed by atoms with E-state index >= 15 is 0 Å². The molecule has 2 heterocycles. The van der Waals surface area contributed by atoms with Crippen LogP contribution in [0.15, 0.2) is 57.9 Å². The van der Waals surface area contributed by atoms with Crippen LogP contribution in [0.5, 0.6) is 5.75 Å². The van der Waals surface area contributed by atoms with Gasteiger partial charge >= 0.3 is 0 Å². The first-order chi connectivity index (χ1) is 13.9. The van der Waals surface area contributed by atoms with Gasteiger partial charge in [0.15, 0.2) is 0 Å². The van der Waals surface area contributed by atoms with Crippen molar-refractivity contribution in [2.75, 3.05) is 31.8 Å². The van der Waals surface area contributed by atoms with Crippen molar-refractivity contribution >= 4 is 37.5 Å². The number of nitrogens with zero attached hydrogens (tertiary/aromatic N) is 2. The minimum absolute atomic E-state index is 0.0431. The van der Waals surface area contributed by atoms with E-state index in [0.29, 0.717) is 29.7 Å². The second-order valence-electron chi connectivity index (χ2n) is 7.16. The number of hydrogen-bond donors (Lipinski definition) is 1. The first-order valence-electron chi connectivity index (χ1n) is 9.33. The first kappa shape index (κ1) is 20.2. The van der Waals surface area contributed by atoms with Gasteiger partial charge in [-0.1, -0.05) is 34.1 Å². The van der Waals surface area contributed by atoms with Gasteiger partial charge < -0.3 is 15.0 Å². The summed E-state index contributed by atoms with van der Waals surface area (Å²) in [4.78, 5) is 14.9. The van der Waals surface area contributed by atoms with E-state index < -0.39 is 15.6 Å². The number of benzene rings is 2. The Morgan fingerprint density at radius 3 is 2.45 bits per heavy atom. The quantitative estimate of drug-likeness (QED) is 0.728. The molecule has 0 unspecified atom stereocenters. The lowest BCUT2D eigenvalue weighted by Gasteiger charge is -2.42. The molecule has 1 spiro atoms. The van der Waals surface area contributed by atoms with Gasteiger partial charge in [-0.25, -0.2) is 8.42 Å². The number of sulfonamides is 1. The molecule has 0 radical (unpaired) electrons. The van der Waals surface area contributed by atoms with Crippen LogP contribution in [0, 0.1) is 0 Å². The van der Waals surface area contributed by atoms with Crippen LogP contribution in [0.1, 0.15) is 12.8 Å². The topological polar surface area (TPSA) is 79.0 Å². The van der Waals surface area contributed by atoms with Gasteiger partial charge in [-0.3, -0.25) is 4.79 Å². The number of nitrogens with one attached hydrogen (secondary N) is 1. The third kappa shape index (κ3) is 3.41. The highest BCUT2D eigenvalue weighted by Gasteiger charge is 2.51. The molecular weight excluding hydrogens is 458 g/mol. The second kappa shape index (κ2) is 7.62. The molecule has 1 N–H and O–H groups in total. The minimum Gasteiger partial charge on any atom is -0.495 e. The third-order valence-electron chi connectivity index (χ3n) is 5.70. The van der Waals surface area contributed by atoms with Crippen LogP contribution in [-0.4, -0.2) is 51.0 Å². The van der Waals surface area contributed by atoms with Crippen LogP contribution in [0.4, 0.5) is 5.69 Å². The molecule has 2 aliphatic rings. The smallest absolute Gasteiger partial charge is 0.247 e. The molecule has 1 amide bonds. The number of ether oxygens (including phenoxy) is 1. The van der Waals surface area contributed by atoms with Gasteiger partial charge in [0.1, 0.15) is 16.2 Å². The van der Waals surface area contributed by atoms with E-state index in [4.69, 9.17) is 4.74 Å². The fraction of sp³-hybridized carbons (Fsp3) is 0.350. The van der Waals surface area contributed by atoms with Gasteiger partial charge in [0.2, 0.25) is 15.9 Å². The summed E-state index contributed by atoms with van der Waals surface area (Å²) in [6.07, 6.45) is 0.840. The zero-order valence-corrected chi connectivity index (χ0v) is 18.4. The largest absolute Gasteiger partial charge is 0.495 e. The fourth-order valence-electron chi connectivity index (χ4n) is 4.12. The Kier molecular flexibility index (Phi) is 5.30. The molecule has 0 saturated carbocycles. The highest BCUT2D eigenvalue weighted by atomic mass is 79.9. The molecule has 7 nitrogen and oxygen atoms in total. The molecule has 0 atom stereocenters. The van der Waals surface area contributed by atoms with Crippen molar-refractivity contribution in [1.29, 1.82) is 0 Å². The molecule has 29 heavy (non-hydrogen) atoms. The van der Waals surface area contributed by atoms with E-state index in [-0.39, 0.29) is 23.9 Å². The highest BCUT2D eigenvalue weighted by molar-refractivity contribution is 9.10. The van der Waals surface area contributed by atoms with E-state index in [9.17, 15) is 13.2 Å². The van der Waals surface area contributed by atoms with Gasteiger partial charge in [0, 0.05) is 23.2 Å². The van der Waals surface area contributed by atoms with Gasteiger partial charge in [-0.2, -0.15) is 4.31 Å². The molecule has 4 rings (SSSR count). The number of rotatable bonds is 4. The third-order valence-corrected chi connectivity index (χ3v) is 8.11. The lowest BCUT2D eigenvalue weighted by molar-refractivity contribution is -0.124. The zero-order valence-electron chi connectivity index (χ0n) is 16.0. The Labute approximate surface area is 178 Å². The first-order valence-corrected chi connectivity index (χ1v) is 11.6. The lowest BCUT2D eigenvalue weighted by Crippen LogP contribution is -2.57. The van der Waals surface area contributed by atoms with E-state index in [1.54, 1.807) is 18.2 Å². The summed E-state index contributed by atoms with van der Waals surface area (Å²) in [5.74, 6) is 0.261. The van der Waals surface area contributed by atoms with Gasteiger partial charge in [-0.05, 0) is 43.2 Å². The highest BCUT2D eigenvalue weighted by Crippen LogP contribution is 2.38. The predicted molar refractivity (Wildman–Crippen MR) is 113 cm³/mol. The SMILES string of the molecule is COc1ccc(Br)cc1S(=O)(=O)N1CCC2(CC1)C(=O)NCN2c1ccccc1. The minimum atomic E-state index is -3.74. The number of hydrogen-bond acceptors (Lipinski definition) is 5. The van der Waals surface area contributed by atoms with Crippen LogP contribution in [-0.2, 0) is 14.8 Å². The second-order valence-corrected chi connectivity index (χ2v) is 9.98. The van der Waals surface area contributed by atoms with Gasteiger partial charge in [0.25, 0.3) is 0 Å². The summed E-state index contributed by atoms with van der Waals surface area (Å²) in [7, 11) is -2.29. The number of methoxy groups -OCH3 is 1. The maximum absolute atomic E-state index is 13.3. The Morgan fingerprint density at radius 1 is 1.10 bits per heavy atom. The molecule has 0 aliphatic carbocycles. The van der Waals surface area contributed by atoms with E-state index in [0.717, 1.165) is 5.69 Å². The van der Waals surface area contributed by atoms with Crippen LogP contribution in [0.25, 0.3) is 0 Å². The van der Waals surface area contributed by atoms with Crippen molar-refractivity contribution in [2.24, 2.45) is 0 Å². The van der Waals surface area contributed by atoms with Crippen molar-refractivity contribution in [3.05, 3.63) is 53.0 Å².